The monoisotopic (exact) mass is 512 g/mol. The number of hydrogen-bond donors (Lipinski definition) is 1. The fourth-order valence-corrected chi connectivity index (χ4v) is 3.99. The van der Waals surface area contributed by atoms with Crippen molar-refractivity contribution in [3.63, 3.8) is 0 Å². The molecule has 0 aliphatic heterocycles. The number of benzene rings is 3. The molecule has 3 rings (SSSR count). The number of carbonyl (C=O) groups is 2. The highest BCUT2D eigenvalue weighted by atomic mass is 79.9. The molecule has 0 radical (unpaired) electrons. The molecular weight excluding hydrogens is 488 g/mol. The molecule has 2 amide bonds. The van der Waals surface area contributed by atoms with Crippen LogP contribution < -0.4 is 5.32 Å². The van der Waals surface area contributed by atoms with Gasteiger partial charge in [0.25, 0.3) is 5.91 Å². The van der Waals surface area contributed by atoms with Crippen molar-refractivity contribution in [2.45, 2.75) is 38.9 Å². The third-order valence-corrected chi connectivity index (χ3v) is 5.75. The molecule has 3 aromatic rings. The van der Waals surface area contributed by atoms with E-state index in [0.717, 1.165) is 5.56 Å². The topological polar surface area (TPSA) is 49.4 Å². The highest BCUT2D eigenvalue weighted by Crippen LogP contribution is 2.29. The standard InChI is InChI=1S/C26H26BrClN2O2/c1-26(2,3)29-24(31)23(19-13-15-20(28)16-14-19)30(17-18-9-5-4-6-10-18)25(32)21-11-7-8-12-22(21)27/h4-16,23H,17H2,1-3H3,(H,29,31). The molecule has 0 bridgehead atoms. The highest BCUT2D eigenvalue weighted by molar-refractivity contribution is 9.10. The lowest BCUT2D eigenvalue weighted by molar-refractivity contribution is -0.127. The molecule has 0 spiro atoms. The van der Waals surface area contributed by atoms with Gasteiger partial charge in [-0.3, -0.25) is 9.59 Å². The molecule has 1 atom stereocenters. The van der Waals surface area contributed by atoms with Crippen molar-refractivity contribution in [2.75, 3.05) is 0 Å². The van der Waals surface area contributed by atoms with E-state index in [1.165, 1.54) is 0 Å². The highest BCUT2D eigenvalue weighted by Gasteiger charge is 2.34. The molecule has 32 heavy (non-hydrogen) atoms. The number of amides is 2. The summed E-state index contributed by atoms with van der Waals surface area (Å²) in [5.41, 5.74) is 1.64. The van der Waals surface area contributed by atoms with Crippen molar-refractivity contribution in [1.82, 2.24) is 10.2 Å². The zero-order valence-electron chi connectivity index (χ0n) is 18.3. The van der Waals surface area contributed by atoms with E-state index in [2.05, 4.69) is 21.2 Å². The van der Waals surface area contributed by atoms with Gasteiger partial charge >= 0.3 is 0 Å². The Hall–Kier alpha value is -2.63. The fourth-order valence-electron chi connectivity index (χ4n) is 3.41. The second-order valence-electron chi connectivity index (χ2n) is 8.59. The first-order chi connectivity index (χ1) is 15.2. The minimum Gasteiger partial charge on any atom is -0.349 e. The van der Waals surface area contributed by atoms with Crippen LogP contribution in [0.2, 0.25) is 5.02 Å². The van der Waals surface area contributed by atoms with Crippen molar-refractivity contribution < 1.29 is 9.59 Å². The van der Waals surface area contributed by atoms with Crippen LogP contribution in [0.15, 0.2) is 83.3 Å². The maximum absolute atomic E-state index is 13.8. The summed E-state index contributed by atoms with van der Waals surface area (Å²) in [6.45, 7) is 6.02. The van der Waals surface area contributed by atoms with E-state index in [-0.39, 0.29) is 18.4 Å². The lowest BCUT2D eigenvalue weighted by Gasteiger charge is -2.34. The normalized spacial score (nSPS) is 12.2. The maximum atomic E-state index is 13.8. The van der Waals surface area contributed by atoms with Crippen molar-refractivity contribution >= 4 is 39.3 Å². The first-order valence-electron chi connectivity index (χ1n) is 10.3. The summed E-state index contributed by atoms with van der Waals surface area (Å²) in [6, 6.07) is 23.1. The van der Waals surface area contributed by atoms with E-state index >= 15 is 0 Å². The summed E-state index contributed by atoms with van der Waals surface area (Å²) in [7, 11) is 0. The molecule has 0 saturated carbocycles. The van der Waals surface area contributed by atoms with E-state index in [9.17, 15) is 9.59 Å². The maximum Gasteiger partial charge on any atom is 0.256 e. The van der Waals surface area contributed by atoms with Gasteiger partial charge in [0.15, 0.2) is 0 Å². The smallest absolute Gasteiger partial charge is 0.256 e. The summed E-state index contributed by atoms with van der Waals surface area (Å²) in [5.74, 6) is -0.499. The minimum atomic E-state index is -0.841. The largest absolute Gasteiger partial charge is 0.349 e. The van der Waals surface area contributed by atoms with Crippen LogP contribution in [0, 0.1) is 0 Å². The van der Waals surface area contributed by atoms with Crippen LogP contribution in [-0.2, 0) is 11.3 Å². The van der Waals surface area contributed by atoms with Crippen LogP contribution in [0.1, 0.15) is 48.3 Å². The number of rotatable bonds is 6. The van der Waals surface area contributed by atoms with Gasteiger partial charge in [0, 0.05) is 21.6 Å². The molecular formula is C26H26BrClN2O2. The lowest BCUT2D eigenvalue weighted by atomic mass is 10.00. The van der Waals surface area contributed by atoms with Crippen LogP contribution in [0.4, 0.5) is 0 Å². The van der Waals surface area contributed by atoms with Crippen LogP contribution in [0.3, 0.4) is 0 Å². The van der Waals surface area contributed by atoms with Gasteiger partial charge in [-0.25, -0.2) is 0 Å². The van der Waals surface area contributed by atoms with Crippen molar-refractivity contribution in [1.29, 1.82) is 0 Å². The van der Waals surface area contributed by atoms with Gasteiger partial charge in [0.1, 0.15) is 6.04 Å². The molecule has 166 valence electrons. The molecule has 1 N–H and O–H groups in total. The second-order valence-corrected chi connectivity index (χ2v) is 9.88. The van der Waals surface area contributed by atoms with Gasteiger partial charge in [0.2, 0.25) is 5.91 Å². The number of nitrogens with zero attached hydrogens (tertiary/aromatic N) is 1. The summed E-state index contributed by atoms with van der Waals surface area (Å²) in [5, 5.41) is 3.61. The van der Waals surface area contributed by atoms with E-state index in [1.807, 2.05) is 69.3 Å². The van der Waals surface area contributed by atoms with Gasteiger partial charge in [-0.05, 0) is 72.1 Å². The Bertz CT molecular complexity index is 1080. The van der Waals surface area contributed by atoms with Crippen molar-refractivity contribution in [3.05, 3.63) is 105 Å². The molecule has 3 aromatic carbocycles. The fraction of sp³-hybridized carbons (Fsp3) is 0.231. The average Bonchev–Trinajstić information content (AvgIpc) is 2.74. The predicted molar refractivity (Wildman–Crippen MR) is 133 cm³/mol. The summed E-state index contributed by atoms with van der Waals surface area (Å²) < 4.78 is 0.675. The lowest BCUT2D eigenvalue weighted by Crippen LogP contribution is -2.49. The summed E-state index contributed by atoms with van der Waals surface area (Å²) >= 11 is 9.59. The molecule has 0 aliphatic carbocycles. The molecule has 0 saturated heterocycles. The summed E-state index contributed by atoms with van der Waals surface area (Å²) in [6.07, 6.45) is 0. The molecule has 6 heteroatoms. The Kier molecular flexibility index (Phi) is 7.75. The van der Waals surface area contributed by atoms with Gasteiger partial charge in [-0.1, -0.05) is 66.2 Å². The molecule has 0 aromatic heterocycles. The molecule has 0 heterocycles. The van der Waals surface area contributed by atoms with E-state index in [4.69, 9.17) is 11.6 Å². The number of hydrogen-bond acceptors (Lipinski definition) is 2. The van der Waals surface area contributed by atoms with Crippen LogP contribution in [-0.4, -0.2) is 22.3 Å². The first-order valence-corrected chi connectivity index (χ1v) is 11.5. The number of halogens is 2. The van der Waals surface area contributed by atoms with Gasteiger partial charge < -0.3 is 10.2 Å². The van der Waals surface area contributed by atoms with Crippen molar-refractivity contribution in [2.24, 2.45) is 0 Å². The van der Waals surface area contributed by atoms with Crippen LogP contribution >= 0.6 is 27.5 Å². The first kappa shape index (κ1) is 24.0. The molecule has 0 fully saturated rings. The zero-order valence-corrected chi connectivity index (χ0v) is 20.7. The number of carbonyl (C=O) groups excluding carboxylic acids is 2. The second kappa shape index (κ2) is 10.3. The molecule has 1 unspecified atom stereocenters. The van der Waals surface area contributed by atoms with Gasteiger partial charge in [0.05, 0.1) is 5.56 Å². The average molecular weight is 514 g/mol. The Morgan fingerprint density at radius 3 is 2.12 bits per heavy atom. The number of nitrogens with one attached hydrogen (secondary N) is 1. The van der Waals surface area contributed by atoms with E-state index in [1.54, 1.807) is 35.2 Å². The minimum absolute atomic E-state index is 0.245. The van der Waals surface area contributed by atoms with E-state index < -0.39 is 11.6 Å². The molecule has 0 aliphatic rings. The van der Waals surface area contributed by atoms with Crippen LogP contribution in [0.5, 0.6) is 0 Å². The third-order valence-electron chi connectivity index (χ3n) is 4.80. The van der Waals surface area contributed by atoms with Gasteiger partial charge in [-0.15, -0.1) is 0 Å². The summed E-state index contributed by atoms with van der Waals surface area (Å²) in [4.78, 5) is 29.0. The van der Waals surface area contributed by atoms with Crippen molar-refractivity contribution in [3.8, 4) is 0 Å². The zero-order chi connectivity index (χ0) is 23.3. The molecule has 4 nitrogen and oxygen atoms in total. The Labute approximate surface area is 202 Å². The van der Waals surface area contributed by atoms with Crippen LogP contribution in [0.25, 0.3) is 0 Å². The Morgan fingerprint density at radius 2 is 1.53 bits per heavy atom. The predicted octanol–water partition coefficient (Wildman–Crippen LogP) is 6.40. The SMILES string of the molecule is CC(C)(C)NC(=O)C(c1ccc(Cl)cc1)N(Cc1ccccc1)C(=O)c1ccccc1Br. The third kappa shape index (κ3) is 6.21. The Morgan fingerprint density at radius 1 is 0.938 bits per heavy atom. The van der Waals surface area contributed by atoms with Gasteiger partial charge in [-0.2, -0.15) is 0 Å². The van der Waals surface area contributed by atoms with E-state index in [0.29, 0.717) is 20.6 Å². The quantitative estimate of drug-likeness (QED) is 0.414. The Balaban J connectivity index is 2.13.